The van der Waals surface area contributed by atoms with Gasteiger partial charge in [0.05, 0.1) is 11.0 Å². The molecule has 0 bridgehead atoms. The molecule has 0 amide bonds. The van der Waals surface area contributed by atoms with Gasteiger partial charge in [0.2, 0.25) is 0 Å². The van der Waals surface area contributed by atoms with E-state index >= 15 is 0 Å². The van der Waals surface area contributed by atoms with Crippen molar-refractivity contribution < 1.29 is 9.59 Å². The number of ketones is 1. The Labute approximate surface area is 273 Å². The molecule has 1 unspecified atom stereocenters. The molecule has 1 aliphatic heterocycles. The number of aryl methyl sites for hydroxylation is 3. The number of likely N-dealkylation sites (N-methyl/N-ethyl adjacent to an activating group) is 1. The number of imidazole rings is 1. The van der Waals surface area contributed by atoms with Crippen LogP contribution in [0.5, 0.6) is 0 Å². The second-order valence-corrected chi connectivity index (χ2v) is 12.9. The van der Waals surface area contributed by atoms with E-state index in [-0.39, 0.29) is 11.7 Å². The number of aldehydes is 1. The van der Waals surface area contributed by atoms with Crippen molar-refractivity contribution in [3.8, 4) is 0 Å². The highest BCUT2D eigenvalue weighted by molar-refractivity contribution is 5.97. The molecule has 7 nitrogen and oxygen atoms in total. The Morgan fingerprint density at radius 3 is 2.24 bits per heavy atom. The van der Waals surface area contributed by atoms with Crippen LogP contribution in [0.2, 0.25) is 0 Å². The van der Waals surface area contributed by atoms with E-state index in [0.717, 1.165) is 100 Å². The molecule has 45 heavy (non-hydrogen) atoms. The molecule has 7 heteroatoms. The predicted molar refractivity (Wildman–Crippen MR) is 190 cm³/mol. The molecule has 0 N–H and O–H groups in total. The Balaban J connectivity index is 0.000000475. The Kier molecular flexibility index (Phi) is 15.2. The third-order valence-corrected chi connectivity index (χ3v) is 9.21. The van der Waals surface area contributed by atoms with Crippen molar-refractivity contribution in [1.29, 1.82) is 0 Å². The van der Waals surface area contributed by atoms with Gasteiger partial charge >= 0.3 is 0 Å². The van der Waals surface area contributed by atoms with Crippen LogP contribution in [0, 0.1) is 18.8 Å². The van der Waals surface area contributed by atoms with Crippen LogP contribution < -0.4 is 4.90 Å². The number of rotatable bonds is 11. The lowest BCUT2D eigenvalue weighted by molar-refractivity contribution is -0.111. The predicted octanol–water partition coefficient (Wildman–Crippen LogP) is 7.29. The molecular formula is C38H59N5O2. The molecule has 2 aliphatic rings. The molecular weight excluding hydrogens is 558 g/mol. The molecule has 1 atom stereocenters. The summed E-state index contributed by atoms with van der Waals surface area (Å²) in [6.45, 7) is 14.8. The first-order valence-corrected chi connectivity index (χ1v) is 17.4. The minimum absolute atomic E-state index is 0.0337. The summed E-state index contributed by atoms with van der Waals surface area (Å²) in [6, 6.07) is 14.5. The number of benzene rings is 2. The molecule has 1 saturated carbocycles. The number of anilines is 1. The summed E-state index contributed by atoms with van der Waals surface area (Å²) < 4.78 is 2.40. The fraction of sp³-hybridized carbons (Fsp3) is 0.605. The van der Waals surface area contributed by atoms with Crippen LogP contribution in [0.3, 0.4) is 0 Å². The second kappa shape index (κ2) is 18.8. The Hall–Kier alpha value is -3.03. The summed E-state index contributed by atoms with van der Waals surface area (Å²) in [4.78, 5) is 35.3. The van der Waals surface area contributed by atoms with E-state index in [0.29, 0.717) is 5.92 Å². The van der Waals surface area contributed by atoms with Crippen LogP contribution >= 0.6 is 0 Å². The van der Waals surface area contributed by atoms with Crippen molar-refractivity contribution in [1.82, 2.24) is 19.4 Å². The number of aromatic nitrogens is 2. The molecule has 0 spiro atoms. The van der Waals surface area contributed by atoms with Gasteiger partial charge in [0.1, 0.15) is 12.1 Å². The van der Waals surface area contributed by atoms with Gasteiger partial charge in [-0.15, -0.1) is 0 Å². The molecule has 248 valence electrons. The van der Waals surface area contributed by atoms with E-state index in [1.165, 1.54) is 30.3 Å². The first-order chi connectivity index (χ1) is 21.7. The lowest BCUT2D eigenvalue weighted by Gasteiger charge is -2.32. The minimum Gasteiger partial charge on any atom is -0.378 e. The topological polar surface area (TPSA) is 61.7 Å². The van der Waals surface area contributed by atoms with E-state index in [1.807, 2.05) is 52.0 Å². The van der Waals surface area contributed by atoms with Crippen molar-refractivity contribution in [3.63, 3.8) is 0 Å². The highest BCUT2D eigenvalue weighted by atomic mass is 16.1. The Morgan fingerprint density at radius 2 is 1.64 bits per heavy atom. The summed E-state index contributed by atoms with van der Waals surface area (Å²) in [7, 11) is 6.33. The van der Waals surface area contributed by atoms with Crippen LogP contribution in [-0.2, 0) is 17.8 Å². The van der Waals surface area contributed by atoms with Crippen LogP contribution in [0.15, 0.2) is 42.5 Å². The highest BCUT2D eigenvalue weighted by Crippen LogP contribution is 2.25. The molecule has 1 aromatic heterocycles. The lowest BCUT2D eigenvalue weighted by Crippen LogP contribution is -2.44. The van der Waals surface area contributed by atoms with Gasteiger partial charge in [-0.2, -0.15) is 0 Å². The number of hydrogen-bond acceptors (Lipinski definition) is 6. The molecule has 2 heterocycles. The van der Waals surface area contributed by atoms with Crippen molar-refractivity contribution in [3.05, 3.63) is 59.4 Å². The fourth-order valence-electron chi connectivity index (χ4n) is 6.16. The Bertz CT molecular complexity index is 1300. The lowest BCUT2D eigenvalue weighted by atomic mass is 9.91. The fourth-order valence-corrected chi connectivity index (χ4v) is 6.16. The average molecular weight is 618 g/mol. The maximum atomic E-state index is 13.0. The van der Waals surface area contributed by atoms with Gasteiger partial charge in [-0.1, -0.05) is 69.9 Å². The third-order valence-electron chi connectivity index (χ3n) is 9.21. The standard InChI is InChI=1S/C29H41N5O.C7H12O.C2H6/c1-22-7-10-24(11-8-22)29(35)23(2)9-14-28-30-26-21-25(31(3)4)12-13-27(26)34(28)16-6-15-33-19-17-32(5)18-20-33;8-6-7-4-2-1-3-5-7;1-2/h7-8,10-13,21,23H,6,9,14-20H2,1-5H3;6-7H,1-5H2;1-2H3. The molecule has 2 fully saturated rings. The van der Waals surface area contributed by atoms with Gasteiger partial charge in [-0.3, -0.25) is 4.79 Å². The summed E-state index contributed by atoms with van der Waals surface area (Å²) in [6.07, 6.45) is 9.98. The maximum absolute atomic E-state index is 13.0. The number of carbonyl (C=O) groups excluding carboxylic acids is 2. The number of carbonyl (C=O) groups is 2. The smallest absolute Gasteiger partial charge is 0.165 e. The van der Waals surface area contributed by atoms with Crippen molar-refractivity contribution in [2.24, 2.45) is 11.8 Å². The normalized spacial score (nSPS) is 16.7. The van der Waals surface area contributed by atoms with Crippen LogP contribution in [0.1, 0.15) is 87.5 Å². The average Bonchev–Trinajstić information content (AvgIpc) is 3.42. The number of Topliss-reactive ketones (excluding diaryl/α,β-unsaturated/α-hetero) is 1. The monoisotopic (exact) mass is 617 g/mol. The number of piperazine rings is 1. The zero-order chi connectivity index (χ0) is 32.8. The highest BCUT2D eigenvalue weighted by Gasteiger charge is 2.19. The zero-order valence-corrected chi connectivity index (χ0v) is 29.2. The van der Waals surface area contributed by atoms with Crippen LogP contribution in [-0.4, -0.2) is 85.3 Å². The van der Waals surface area contributed by atoms with E-state index < -0.39 is 0 Å². The number of fused-ring (bicyclic) bond motifs is 1. The molecule has 2 aromatic carbocycles. The first-order valence-electron chi connectivity index (χ1n) is 17.4. The van der Waals surface area contributed by atoms with E-state index in [9.17, 15) is 9.59 Å². The largest absolute Gasteiger partial charge is 0.378 e. The van der Waals surface area contributed by atoms with E-state index in [2.05, 4.69) is 58.6 Å². The van der Waals surface area contributed by atoms with Gasteiger partial charge in [0.25, 0.3) is 0 Å². The number of hydrogen-bond donors (Lipinski definition) is 0. The Morgan fingerprint density at radius 1 is 0.978 bits per heavy atom. The molecule has 0 radical (unpaired) electrons. The van der Waals surface area contributed by atoms with E-state index in [4.69, 9.17) is 4.98 Å². The van der Waals surface area contributed by atoms with Crippen molar-refractivity contribution >= 4 is 28.8 Å². The SMILES string of the molecule is CC.Cc1ccc(C(=O)C(C)CCc2nc3cc(N(C)C)ccc3n2CCCN2CCN(C)CC2)cc1.O=CC1CCCCC1. The summed E-state index contributed by atoms with van der Waals surface area (Å²) in [5, 5.41) is 0. The maximum Gasteiger partial charge on any atom is 0.165 e. The second-order valence-electron chi connectivity index (χ2n) is 12.9. The van der Waals surface area contributed by atoms with Gasteiger partial charge < -0.3 is 24.1 Å². The molecule has 5 rings (SSSR count). The first kappa shape index (κ1) is 36.4. The van der Waals surface area contributed by atoms with Gasteiger partial charge in [-0.05, 0) is 64.4 Å². The molecule has 1 aliphatic carbocycles. The van der Waals surface area contributed by atoms with Crippen LogP contribution in [0.4, 0.5) is 5.69 Å². The quantitative estimate of drug-likeness (QED) is 0.166. The van der Waals surface area contributed by atoms with E-state index in [1.54, 1.807) is 0 Å². The molecule has 1 saturated heterocycles. The summed E-state index contributed by atoms with van der Waals surface area (Å²) >= 11 is 0. The van der Waals surface area contributed by atoms with Crippen molar-refractivity contribution in [2.75, 3.05) is 58.8 Å². The van der Waals surface area contributed by atoms with Crippen molar-refractivity contribution in [2.45, 2.75) is 85.6 Å². The molecule has 3 aromatic rings. The summed E-state index contributed by atoms with van der Waals surface area (Å²) in [5.74, 6) is 1.69. The third kappa shape index (κ3) is 11.1. The van der Waals surface area contributed by atoms with Gasteiger partial charge in [-0.25, -0.2) is 4.98 Å². The minimum atomic E-state index is -0.0337. The zero-order valence-electron chi connectivity index (χ0n) is 29.2. The van der Waals surface area contributed by atoms with Gasteiger partial charge in [0.15, 0.2) is 5.78 Å². The number of nitrogens with zero attached hydrogens (tertiary/aromatic N) is 5. The van der Waals surface area contributed by atoms with Gasteiger partial charge in [0, 0.05) is 76.3 Å². The summed E-state index contributed by atoms with van der Waals surface area (Å²) in [5.41, 5.74) is 5.38. The van der Waals surface area contributed by atoms with Crippen LogP contribution in [0.25, 0.3) is 11.0 Å².